The normalized spacial score (nSPS) is 15.6. The summed E-state index contributed by atoms with van der Waals surface area (Å²) in [6, 6.07) is 8.43. The molecule has 2 rings (SSSR count). The average Bonchev–Trinajstić information content (AvgIpc) is 2.98. The van der Waals surface area contributed by atoms with Crippen molar-refractivity contribution in [2.75, 3.05) is 6.54 Å². The quantitative estimate of drug-likeness (QED) is 0.811. The topological polar surface area (TPSA) is 75.9 Å². The maximum atomic E-state index is 9.38. The third kappa shape index (κ3) is 4.61. The molecule has 0 bridgehead atoms. The lowest BCUT2D eigenvalue weighted by Gasteiger charge is -2.19. The highest BCUT2D eigenvalue weighted by atomic mass is 16.3. The molecular weight excluding hydrogens is 266 g/mol. The largest absolute Gasteiger partial charge is 0.393 e. The summed E-state index contributed by atoms with van der Waals surface area (Å²) in [4.78, 5) is 0. The summed E-state index contributed by atoms with van der Waals surface area (Å²) in [6.45, 7) is 7.01. The molecular formula is C15H23N5O. The molecule has 1 aromatic heterocycles. The first-order chi connectivity index (χ1) is 10.1. The van der Waals surface area contributed by atoms with E-state index in [0.717, 1.165) is 18.7 Å². The summed E-state index contributed by atoms with van der Waals surface area (Å²) in [5.74, 6) is 0.452. The van der Waals surface area contributed by atoms with Crippen molar-refractivity contribution in [3.63, 3.8) is 0 Å². The molecule has 6 heteroatoms. The zero-order chi connectivity index (χ0) is 15.2. The molecule has 0 aliphatic carbocycles. The molecule has 0 radical (unpaired) electrons. The predicted octanol–water partition coefficient (Wildman–Crippen LogP) is 1.72. The summed E-state index contributed by atoms with van der Waals surface area (Å²) in [5.41, 5.74) is 2.16. The number of nitrogens with zero attached hydrogens (tertiary/aromatic N) is 4. The first-order valence-electron chi connectivity index (χ1n) is 7.31. The van der Waals surface area contributed by atoms with Crippen molar-refractivity contribution in [1.82, 2.24) is 25.5 Å². The van der Waals surface area contributed by atoms with Gasteiger partial charge in [-0.2, -0.15) is 0 Å². The zero-order valence-corrected chi connectivity index (χ0v) is 12.8. The van der Waals surface area contributed by atoms with Crippen LogP contribution < -0.4 is 5.32 Å². The Morgan fingerprint density at radius 1 is 1.19 bits per heavy atom. The van der Waals surface area contributed by atoms with Gasteiger partial charge in [0, 0.05) is 6.04 Å². The van der Waals surface area contributed by atoms with Crippen molar-refractivity contribution >= 4 is 0 Å². The van der Waals surface area contributed by atoms with E-state index in [1.807, 2.05) is 19.1 Å². The lowest BCUT2D eigenvalue weighted by molar-refractivity contribution is 0.162. The highest BCUT2D eigenvalue weighted by Crippen LogP contribution is 2.16. The van der Waals surface area contributed by atoms with Crippen LogP contribution in [0, 0.1) is 5.92 Å². The van der Waals surface area contributed by atoms with Gasteiger partial charge in [0.15, 0.2) is 0 Å². The van der Waals surface area contributed by atoms with E-state index in [9.17, 15) is 5.11 Å². The Hall–Kier alpha value is -1.79. The van der Waals surface area contributed by atoms with Crippen LogP contribution in [0.1, 0.15) is 38.8 Å². The summed E-state index contributed by atoms with van der Waals surface area (Å²) in [6.07, 6.45) is 2.15. The smallest absolute Gasteiger partial charge is 0.143 e. The number of tetrazole rings is 1. The van der Waals surface area contributed by atoms with Gasteiger partial charge < -0.3 is 10.4 Å². The first-order valence-corrected chi connectivity index (χ1v) is 7.31. The molecule has 0 saturated heterocycles. The minimum atomic E-state index is -0.243. The van der Waals surface area contributed by atoms with Crippen molar-refractivity contribution in [1.29, 1.82) is 0 Å². The van der Waals surface area contributed by atoms with Crippen molar-refractivity contribution < 1.29 is 5.11 Å². The van der Waals surface area contributed by atoms with E-state index in [1.54, 1.807) is 11.0 Å². The van der Waals surface area contributed by atoms with Crippen LogP contribution >= 0.6 is 0 Å². The van der Waals surface area contributed by atoms with Gasteiger partial charge >= 0.3 is 0 Å². The number of aromatic nitrogens is 4. The Morgan fingerprint density at radius 2 is 1.90 bits per heavy atom. The molecule has 1 heterocycles. The zero-order valence-electron chi connectivity index (χ0n) is 12.8. The van der Waals surface area contributed by atoms with Gasteiger partial charge in [0.25, 0.3) is 0 Å². The Balaban J connectivity index is 1.89. The van der Waals surface area contributed by atoms with E-state index in [0.29, 0.717) is 5.92 Å². The lowest BCUT2D eigenvalue weighted by atomic mass is 10.0. The van der Waals surface area contributed by atoms with E-state index in [4.69, 9.17) is 0 Å². The summed E-state index contributed by atoms with van der Waals surface area (Å²) >= 11 is 0. The fourth-order valence-corrected chi connectivity index (χ4v) is 2.36. The third-order valence-electron chi connectivity index (χ3n) is 3.52. The standard InChI is InChI=1S/C15H23N5O/c1-11(8-12(2)21)9-16-13(3)14-4-6-15(7-5-14)20-10-17-18-19-20/h4-7,10-13,16,21H,8-9H2,1-3H3. The number of aliphatic hydroxyl groups excluding tert-OH is 1. The second-order valence-electron chi connectivity index (χ2n) is 5.67. The maximum absolute atomic E-state index is 9.38. The SMILES string of the molecule is CC(O)CC(C)CNC(C)c1ccc(-n2cnnn2)cc1. The van der Waals surface area contributed by atoms with Crippen molar-refractivity contribution in [2.45, 2.75) is 39.3 Å². The number of hydrogen-bond donors (Lipinski definition) is 2. The van der Waals surface area contributed by atoms with Crippen molar-refractivity contribution in [2.24, 2.45) is 5.92 Å². The highest BCUT2D eigenvalue weighted by Gasteiger charge is 2.10. The third-order valence-corrected chi connectivity index (χ3v) is 3.52. The number of rotatable bonds is 7. The van der Waals surface area contributed by atoms with Crippen LogP contribution in [0.5, 0.6) is 0 Å². The van der Waals surface area contributed by atoms with Gasteiger partial charge in [0.05, 0.1) is 11.8 Å². The molecule has 0 aliphatic rings. The Bertz CT molecular complexity index is 524. The predicted molar refractivity (Wildman–Crippen MR) is 81.0 cm³/mol. The van der Waals surface area contributed by atoms with Crippen LogP contribution in [-0.2, 0) is 0 Å². The number of benzene rings is 1. The van der Waals surface area contributed by atoms with Crippen LogP contribution in [0.15, 0.2) is 30.6 Å². The fraction of sp³-hybridized carbons (Fsp3) is 0.533. The molecule has 6 nitrogen and oxygen atoms in total. The molecule has 0 spiro atoms. The second kappa shape index (κ2) is 7.28. The maximum Gasteiger partial charge on any atom is 0.143 e. The van der Waals surface area contributed by atoms with E-state index < -0.39 is 0 Å². The van der Waals surface area contributed by atoms with Gasteiger partial charge in [-0.3, -0.25) is 0 Å². The minimum absolute atomic E-state index is 0.243. The van der Waals surface area contributed by atoms with Gasteiger partial charge in [-0.15, -0.1) is 5.10 Å². The summed E-state index contributed by atoms with van der Waals surface area (Å²) in [5, 5.41) is 24.0. The molecule has 21 heavy (non-hydrogen) atoms. The molecule has 2 aromatic rings. The highest BCUT2D eigenvalue weighted by molar-refractivity contribution is 5.34. The van der Waals surface area contributed by atoms with Crippen molar-refractivity contribution in [3.05, 3.63) is 36.2 Å². The van der Waals surface area contributed by atoms with E-state index in [-0.39, 0.29) is 12.1 Å². The minimum Gasteiger partial charge on any atom is -0.393 e. The van der Waals surface area contributed by atoms with E-state index in [1.165, 1.54) is 5.56 Å². The fourth-order valence-electron chi connectivity index (χ4n) is 2.36. The van der Waals surface area contributed by atoms with Crippen LogP contribution in [0.3, 0.4) is 0 Å². The number of nitrogens with one attached hydrogen (secondary N) is 1. The number of hydrogen-bond acceptors (Lipinski definition) is 5. The molecule has 0 amide bonds. The lowest BCUT2D eigenvalue weighted by Crippen LogP contribution is -2.26. The number of aliphatic hydroxyl groups is 1. The van der Waals surface area contributed by atoms with E-state index in [2.05, 4.69) is 46.8 Å². The molecule has 2 N–H and O–H groups in total. The van der Waals surface area contributed by atoms with Gasteiger partial charge in [0.1, 0.15) is 6.33 Å². The summed E-state index contributed by atoms with van der Waals surface area (Å²) in [7, 11) is 0. The van der Waals surface area contributed by atoms with Crippen LogP contribution in [0.4, 0.5) is 0 Å². The monoisotopic (exact) mass is 289 g/mol. The molecule has 1 aromatic carbocycles. The Morgan fingerprint density at radius 3 is 2.48 bits per heavy atom. The molecule has 3 atom stereocenters. The molecule has 0 saturated carbocycles. The first kappa shape index (κ1) is 15.6. The molecule has 114 valence electrons. The second-order valence-corrected chi connectivity index (χ2v) is 5.67. The van der Waals surface area contributed by atoms with Gasteiger partial charge in [-0.05, 0) is 60.9 Å². The molecule has 3 unspecified atom stereocenters. The van der Waals surface area contributed by atoms with Crippen LogP contribution in [0.2, 0.25) is 0 Å². The van der Waals surface area contributed by atoms with Crippen molar-refractivity contribution in [3.8, 4) is 5.69 Å². The Labute approximate surface area is 125 Å². The van der Waals surface area contributed by atoms with Crippen LogP contribution in [-0.4, -0.2) is 38.0 Å². The van der Waals surface area contributed by atoms with Gasteiger partial charge in [-0.25, -0.2) is 4.68 Å². The van der Waals surface area contributed by atoms with Crippen LogP contribution in [0.25, 0.3) is 5.69 Å². The molecule has 0 aliphatic heterocycles. The molecule has 0 fully saturated rings. The average molecular weight is 289 g/mol. The summed E-state index contributed by atoms with van der Waals surface area (Å²) < 4.78 is 1.63. The van der Waals surface area contributed by atoms with E-state index >= 15 is 0 Å². The Kier molecular flexibility index (Phi) is 5.41. The van der Waals surface area contributed by atoms with Gasteiger partial charge in [0.2, 0.25) is 0 Å². The van der Waals surface area contributed by atoms with Gasteiger partial charge in [-0.1, -0.05) is 19.1 Å².